The molecule has 0 radical (unpaired) electrons. The Bertz CT molecular complexity index is 992. The van der Waals surface area contributed by atoms with Crippen molar-refractivity contribution in [3.8, 4) is 0 Å². The van der Waals surface area contributed by atoms with Crippen LogP contribution in [0, 0.1) is 10.1 Å². The van der Waals surface area contributed by atoms with Crippen LogP contribution in [0.15, 0.2) is 30.5 Å². The number of pyridine rings is 1. The molecule has 2 saturated heterocycles. The lowest BCUT2D eigenvalue weighted by Gasteiger charge is -2.35. The largest absolute Gasteiger partial charge is 0.442 e. The summed E-state index contributed by atoms with van der Waals surface area (Å²) in [5.74, 6) is 0.826. The first-order valence-corrected chi connectivity index (χ1v) is 11.3. The van der Waals surface area contributed by atoms with Gasteiger partial charge in [0.2, 0.25) is 0 Å². The van der Waals surface area contributed by atoms with Gasteiger partial charge in [-0.05, 0) is 18.2 Å². The van der Waals surface area contributed by atoms with Crippen molar-refractivity contribution in [3.05, 3.63) is 45.5 Å². The van der Waals surface area contributed by atoms with Crippen molar-refractivity contribution in [2.45, 2.75) is 12.6 Å². The second kappa shape index (κ2) is 9.71. The number of amides is 2. The Labute approximate surface area is 193 Å². The van der Waals surface area contributed by atoms with Gasteiger partial charge in [0.05, 0.1) is 29.9 Å². The predicted octanol–water partition coefficient (Wildman–Crippen LogP) is 2.34. The molecule has 13 heteroatoms. The van der Waals surface area contributed by atoms with E-state index < -0.39 is 17.4 Å². The maximum absolute atomic E-state index is 12.1. The summed E-state index contributed by atoms with van der Waals surface area (Å²) in [6.45, 7) is 4.46. The normalized spacial score (nSPS) is 19.2. The zero-order chi connectivity index (χ0) is 22.7. The van der Waals surface area contributed by atoms with Crippen LogP contribution in [-0.2, 0) is 11.3 Å². The summed E-state index contributed by atoms with van der Waals surface area (Å²) < 4.78 is 5.26. The number of thiol groups is 1. The molecule has 1 N–H and O–H groups in total. The highest BCUT2D eigenvalue weighted by Crippen LogP contribution is 2.26. The molecule has 11 nitrogen and oxygen atoms in total. The molecule has 0 bridgehead atoms. The number of piperazine rings is 1. The van der Waals surface area contributed by atoms with Crippen molar-refractivity contribution < 1.29 is 19.2 Å². The van der Waals surface area contributed by atoms with Gasteiger partial charge in [-0.15, -0.1) is 0 Å². The van der Waals surface area contributed by atoms with E-state index in [1.165, 1.54) is 16.2 Å². The first-order valence-electron chi connectivity index (χ1n) is 10.0. The summed E-state index contributed by atoms with van der Waals surface area (Å²) in [5.41, 5.74) is 0.636. The Morgan fingerprint density at radius 2 is 2.06 bits per heavy atom. The van der Waals surface area contributed by atoms with Gasteiger partial charge in [-0.1, -0.05) is 24.0 Å². The molecule has 32 heavy (non-hydrogen) atoms. The van der Waals surface area contributed by atoms with E-state index in [1.807, 2.05) is 18.2 Å². The molecule has 2 aromatic rings. The minimum Gasteiger partial charge on any atom is -0.442 e. The highest BCUT2D eigenvalue weighted by molar-refractivity contribution is 7.96. The molecule has 0 aromatic carbocycles. The average molecular weight is 479 g/mol. The lowest BCUT2D eigenvalue weighted by molar-refractivity contribution is -0.380. The molecule has 170 valence electrons. The van der Waals surface area contributed by atoms with Gasteiger partial charge < -0.3 is 15.0 Å². The number of carbonyl (C=O) groups is 2. The molecule has 0 spiro atoms. The fraction of sp³-hybridized carbons (Fsp3) is 0.421. The SMILES string of the molecule is O=C(S)NC[C@H]1CN(c2ccc(N3CCN(Cc4ccc([N+](=O)[O-])s4)CC3)nc2)C(=O)O1. The summed E-state index contributed by atoms with van der Waals surface area (Å²) in [4.78, 5) is 45.0. The van der Waals surface area contributed by atoms with Crippen molar-refractivity contribution in [1.82, 2.24) is 15.2 Å². The Morgan fingerprint density at radius 3 is 2.69 bits per heavy atom. The molecule has 2 amide bonds. The van der Waals surface area contributed by atoms with Crippen LogP contribution < -0.4 is 15.1 Å². The Kier molecular flexibility index (Phi) is 6.77. The molecular formula is C19H22N6O5S2. The number of hydrogen-bond donors (Lipinski definition) is 2. The highest BCUT2D eigenvalue weighted by atomic mass is 32.1. The molecule has 1 atom stereocenters. The number of nitrogens with one attached hydrogen (secondary N) is 1. The fourth-order valence-corrected chi connectivity index (χ4v) is 4.62. The summed E-state index contributed by atoms with van der Waals surface area (Å²) in [7, 11) is 0. The predicted molar refractivity (Wildman–Crippen MR) is 123 cm³/mol. The van der Waals surface area contributed by atoms with Crippen molar-refractivity contribution in [3.63, 3.8) is 0 Å². The van der Waals surface area contributed by atoms with E-state index in [0.29, 0.717) is 18.8 Å². The number of thiophene rings is 1. The molecule has 2 aromatic heterocycles. The first-order chi connectivity index (χ1) is 15.4. The van der Waals surface area contributed by atoms with Crippen molar-refractivity contribution >= 4 is 51.8 Å². The van der Waals surface area contributed by atoms with Crippen LogP contribution in [0.2, 0.25) is 0 Å². The molecule has 0 saturated carbocycles. The average Bonchev–Trinajstić information content (AvgIpc) is 3.40. The Morgan fingerprint density at radius 1 is 1.28 bits per heavy atom. The van der Waals surface area contributed by atoms with Gasteiger partial charge >= 0.3 is 11.1 Å². The van der Waals surface area contributed by atoms with E-state index in [2.05, 4.69) is 32.7 Å². The van der Waals surface area contributed by atoms with Gasteiger partial charge in [0.15, 0.2) is 0 Å². The second-order valence-corrected chi connectivity index (χ2v) is 8.99. The van der Waals surface area contributed by atoms with E-state index in [9.17, 15) is 19.7 Å². The molecule has 0 aliphatic carbocycles. The Hall–Kier alpha value is -2.90. The molecule has 4 heterocycles. The maximum Gasteiger partial charge on any atom is 0.414 e. The molecule has 4 rings (SSSR count). The second-order valence-electron chi connectivity index (χ2n) is 7.44. The third-order valence-corrected chi connectivity index (χ3v) is 6.48. The number of carbonyl (C=O) groups excluding carboxylic acids is 2. The molecule has 2 aliphatic heterocycles. The van der Waals surface area contributed by atoms with Crippen LogP contribution in [0.1, 0.15) is 4.88 Å². The number of nitrogens with zero attached hydrogens (tertiary/aromatic N) is 5. The number of cyclic esters (lactones) is 1. The van der Waals surface area contributed by atoms with Crippen LogP contribution >= 0.6 is 24.0 Å². The van der Waals surface area contributed by atoms with E-state index >= 15 is 0 Å². The van der Waals surface area contributed by atoms with Gasteiger partial charge in [0.1, 0.15) is 11.9 Å². The van der Waals surface area contributed by atoms with Gasteiger partial charge in [0, 0.05) is 43.7 Å². The van der Waals surface area contributed by atoms with Crippen LogP contribution in [0.5, 0.6) is 0 Å². The highest BCUT2D eigenvalue weighted by Gasteiger charge is 2.32. The van der Waals surface area contributed by atoms with Crippen molar-refractivity contribution in [1.29, 1.82) is 0 Å². The van der Waals surface area contributed by atoms with E-state index in [4.69, 9.17) is 4.74 Å². The Balaban J connectivity index is 1.29. The lowest BCUT2D eigenvalue weighted by atomic mass is 10.2. The molecule has 0 unspecified atom stereocenters. The number of hydrogen-bond acceptors (Lipinski definition) is 9. The third kappa shape index (κ3) is 5.29. The molecule has 2 aliphatic rings. The van der Waals surface area contributed by atoms with Crippen LogP contribution in [-0.4, -0.2) is 71.5 Å². The van der Waals surface area contributed by atoms with Gasteiger partial charge in [-0.3, -0.25) is 24.7 Å². The summed E-state index contributed by atoms with van der Waals surface area (Å²) in [6.07, 6.45) is 0.740. The molecular weight excluding hydrogens is 456 g/mol. The first kappa shape index (κ1) is 22.3. The van der Waals surface area contributed by atoms with Crippen LogP contribution in [0.25, 0.3) is 0 Å². The topological polar surface area (TPSA) is 121 Å². The van der Waals surface area contributed by atoms with Gasteiger partial charge in [0.25, 0.3) is 5.24 Å². The number of aromatic nitrogens is 1. The van der Waals surface area contributed by atoms with Gasteiger partial charge in [-0.2, -0.15) is 0 Å². The monoisotopic (exact) mass is 478 g/mol. The number of rotatable bonds is 7. The standard InChI is InChI=1S/C19H22N6O5S2/c26-18(31)21-10-14-11-24(19(27)30-14)13-1-3-16(20-9-13)23-7-5-22(6-8-23)12-15-2-4-17(32-15)25(28)29/h1-4,9,14H,5-8,10-12H2,(H2,21,26,31)/t14-/m0/s1. The molecule has 2 fully saturated rings. The van der Waals surface area contributed by atoms with Crippen LogP contribution in [0.3, 0.4) is 0 Å². The van der Waals surface area contributed by atoms with E-state index in [1.54, 1.807) is 12.3 Å². The quantitative estimate of drug-likeness (QED) is 0.353. The number of ether oxygens (including phenoxy) is 1. The van der Waals surface area contributed by atoms with Crippen molar-refractivity contribution in [2.75, 3.05) is 49.1 Å². The van der Waals surface area contributed by atoms with Crippen molar-refractivity contribution in [2.24, 2.45) is 0 Å². The smallest absolute Gasteiger partial charge is 0.414 e. The van der Waals surface area contributed by atoms with Gasteiger partial charge in [-0.25, -0.2) is 9.78 Å². The van der Waals surface area contributed by atoms with E-state index in [0.717, 1.165) is 36.9 Å². The zero-order valence-corrected chi connectivity index (χ0v) is 18.8. The zero-order valence-electron chi connectivity index (χ0n) is 17.0. The summed E-state index contributed by atoms with van der Waals surface area (Å²) >= 11 is 4.86. The minimum absolute atomic E-state index is 0.169. The summed E-state index contributed by atoms with van der Waals surface area (Å²) in [6, 6.07) is 7.08. The third-order valence-electron chi connectivity index (χ3n) is 5.30. The lowest BCUT2D eigenvalue weighted by Crippen LogP contribution is -2.46. The number of nitro groups is 1. The maximum atomic E-state index is 12.1. The fourth-order valence-electron chi connectivity index (χ4n) is 3.67. The number of anilines is 2. The summed E-state index contributed by atoms with van der Waals surface area (Å²) in [5, 5.41) is 13.1. The minimum atomic E-state index is -0.472. The van der Waals surface area contributed by atoms with Crippen LogP contribution in [0.4, 0.5) is 26.1 Å². The van der Waals surface area contributed by atoms with E-state index in [-0.39, 0.29) is 16.5 Å².